The predicted octanol–water partition coefficient (Wildman–Crippen LogP) is 5.85. The SMILES string of the molecule is CC(C(=O)Nc1nn(COCC[Si](C)(C)C)c2ccccc12)c1cccc(Br)c1. The molecule has 1 heterocycles. The monoisotopic (exact) mass is 473 g/mol. The molecule has 0 radical (unpaired) electrons. The molecule has 0 saturated heterocycles. The fourth-order valence-corrected chi connectivity index (χ4v) is 4.17. The van der Waals surface area contributed by atoms with Gasteiger partial charge in [0.1, 0.15) is 6.73 Å². The van der Waals surface area contributed by atoms with Crippen LogP contribution in [0.15, 0.2) is 53.0 Å². The number of hydrogen-bond donors (Lipinski definition) is 1. The van der Waals surface area contributed by atoms with E-state index in [4.69, 9.17) is 4.74 Å². The van der Waals surface area contributed by atoms with Crippen LogP contribution in [0.4, 0.5) is 5.82 Å². The third-order valence-electron chi connectivity index (χ3n) is 4.85. The average Bonchev–Trinajstić information content (AvgIpc) is 3.01. The molecule has 0 aliphatic heterocycles. The van der Waals surface area contributed by atoms with Gasteiger partial charge in [-0.25, -0.2) is 4.68 Å². The number of amides is 1. The van der Waals surface area contributed by atoms with E-state index in [1.165, 1.54) is 0 Å². The minimum atomic E-state index is -1.13. The molecule has 29 heavy (non-hydrogen) atoms. The van der Waals surface area contributed by atoms with Crippen molar-refractivity contribution in [2.75, 3.05) is 11.9 Å². The largest absolute Gasteiger partial charge is 0.360 e. The van der Waals surface area contributed by atoms with E-state index in [9.17, 15) is 4.79 Å². The summed E-state index contributed by atoms with van der Waals surface area (Å²) in [5, 5.41) is 8.53. The molecule has 0 saturated carbocycles. The summed E-state index contributed by atoms with van der Waals surface area (Å²) < 4.78 is 8.65. The van der Waals surface area contributed by atoms with Crippen molar-refractivity contribution >= 4 is 46.6 Å². The Kier molecular flexibility index (Phi) is 6.92. The molecule has 1 aromatic heterocycles. The summed E-state index contributed by atoms with van der Waals surface area (Å²) in [4.78, 5) is 12.8. The lowest BCUT2D eigenvalue weighted by Crippen LogP contribution is -2.22. The van der Waals surface area contributed by atoms with Gasteiger partial charge in [-0.15, -0.1) is 0 Å². The first kappa shape index (κ1) is 21.7. The second-order valence-corrected chi connectivity index (χ2v) is 15.0. The summed E-state index contributed by atoms with van der Waals surface area (Å²) in [6.07, 6.45) is 0. The van der Waals surface area contributed by atoms with E-state index >= 15 is 0 Å². The third-order valence-corrected chi connectivity index (χ3v) is 7.05. The van der Waals surface area contributed by atoms with Crippen LogP contribution in [-0.2, 0) is 16.3 Å². The first-order chi connectivity index (χ1) is 13.7. The van der Waals surface area contributed by atoms with E-state index in [2.05, 4.69) is 46.0 Å². The van der Waals surface area contributed by atoms with Gasteiger partial charge in [-0.1, -0.05) is 59.8 Å². The Bertz CT molecular complexity index is 997. The highest BCUT2D eigenvalue weighted by Crippen LogP contribution is 2.26. The molecular weight excluding hydrogens is 446 g/mol. The number of ether oxygens (including phenoxy) is 1. The number of fused-ring (bicyclic) bond motifs is 1. The predicted molar refractivity (Wildman–Crippen MR) is 125 cm³/mol. The molecule has 2 aromatic carbocycles. The molecule has 0 spiro atoms. The number of halogens is 1. The molecule has 0 bridgehead atoms. The number of hydrogen-bond acceptors (Lipinski definition) is 3. The van der Waals surface area contributed by atoms with Gasteiger partial charge in [0.25, 0.3) is 0 Å². The van der Waals surface area contributed by atoms with E-state index in [0.29, 0.717) is 12.5 Å². The molecular formula is C22H28BrN3O2Si. The van der Waals surface area contributed by atoms with Gasteiger partial charge in [-0.3, -0.25) is 4.79 Å². The van der Waals surface area contributed by atoms with Crippen LogP contribution in [0, 0.1) is 0 Å². The van der Waals surface area contributed by atoms with Gasteiger partial charge in [0, 0.05) is 24.5 Å². The first-order valence-corrected chi connectivity index (χ1v) is 14.3. The van der Waals surface area contributed by atoms with E-state index < -0.39 is 8.07 Å². The Balaban J connectivity index is 1.74. The zero-order valence-corrected chi connectivity index (χ0v) is 20.0. The van der Waals surface area contributed by atoms with Crippen molar-refractivity contribution in [2.24, 2.45) is 0 Å². The van der Waals surface area contributed by atoms with E-state index in [-0.39, 0.29) is 11.8 Å². The smallest absolute Gasteiger partial charge is 0.232 e. The Morgan fingerprint density at radius 3 is 2.69 bits per heavy atom. The third kappa shape index (κ3) is 5.78. The highest BCUT2D eigenvalue weighted by Gasteiger charge is 2.19. The summed E-state index contributed by atoms with van der Waals surface area (Å²) in [5.41, 5.74) is 1.90. The van der Waals surface area contributed by atoms with Crippen molar-refractivity contribution < 1.29 is 9.53 Å². The second kappa shape index (κ2) is 9.24. The number of nitrogens with zero attached hydrogens (tertiary/aromatic N) is 2. The van der Waals surface area contributed by atoms with Gasteiger partial charge in [0.05, 0.1) is 11.4 Å². The van der Waals surface area contributed by atoms with Crippen molar-refractivity contribution in [1.29, 1.82) is 0 Å². The van der Waals surface area contributed by atoms with Crippen LogP contribution in [0.5, 0.6) is 0 Å². The highest BCUT2D eigenvalue weighted by molar-refractivity contribution is 9.10. The quantitative estimate of drug-likeness (QED) is 0.329. The molecule has 1 atom stereocenters. The molecule has 0 aliphatic rings. The van der Waals surface area contributed by atoms with Crippen molar-refractivity contribution in [2.45, 2.75) is 45.3 Å². The van der Waals surface area contributed by atoms with Gasteiger partial charge < -0.3 is 10.1 Å². The lowest BCUT2D eigenvalue weighted by atomic mass is 10.0. The number of benzene rings is 2. The highest BCUT2D eigenvalue weighted by atomic mass is 79.9. The maximum absolute atomic E-state index is 12.8. The average molecular weight is 474 g/mol. The maximum atomic E-state index is 12.8. The Morgan fingerprint density at radius 1 is 1.21 bits per heavy atom. The van der Waals surface area contributed by atoms with Crippen molar-refractivity contribution in [3.05, 3.63) is 58.6 Å². The summed E-state index contributed by atoms with van der Waals surface area (Å²) in [7, 11) is -1.13. The lowest BCUT2D eigenvalue weighted by Gasteiger charge is -2.15. The van der Waals surface area contributed by atoms with Crippen molar-refractivity contribution in [3.8, 4) is 0 Å². The van der Waals surface area contributed by atoms with Crippen LogP contribution < -0.4 is 5.32 Å². The minimum Gasteiger partial charge on any atom is -0.360 e. The van der Waals surface area contributed by atoms with E-state index in [0.717, 1.165) is 33.6 Å². The van der Waals surface area contributed by atoms with Gasteiger partial charge >= 0.3 is 0 Å². The maximum Gasteiger partial charge on any atom is 0.232 e. The Labute approximate surface area is 181 Å². The molecule has 3 rings (SSSR count). The van der Waals surface area contributed by atoms with Gasteiger partial charge in [-0.05, 0) is 42.8 Å². The molecule has 0 aliphatic carbocycles. The number of carbonyl (C=O) groups is 1. The van der Waals surface area contributed by atoms with E-state index in [1.54, 1.807) is 0 Å². The zero-order valence-electron chi connectivity index (χ0n) is 17.4. The number of aromatic nitrogens is 2. The topological polar surface area (TPSA) is 56.2 Å². The van der Waals surface area contributed by atoms with Crippen LogP contribution in [0.25, 0.3) is 10.9 Å². The zero-order chi connectivity index (χ0) is 21.0. The van der Waals surface area contributed by atoms with Crippen LogP contribution in [0.2, 0.25) is 25.7 Å². The summed E-state index contributed by atoms with van der Waals surface area (Å²) in [6, 6.07) is 16.8. The molecule has 154 valence electrons. The van der Waals surface area contributed by atoms with Crippen LogP contribution >= 0.6 is 15.9 Å². The molecule has 1 amide bonds. The fourth-order valence-electron chi connectivity index (χ4n) is 3.00. The Morgan fingerprint density at radius 2 is 1.97 bits per heavy atom. The molecule has 1 unspecified atom stereocenters. The van der Waals surface area contributed by atoms with Crippen LogP contribution in [0.1, 0.15) is 18.4 Å². The molecule has 7 heteroatoms. The van der Waals surface area contributed by atoms with Crippen LogP contribution in [-0.4, -0.2) is 30.4 Å². The molecule has 1 N–H and O–H groups in total. The number of carbonyl (C=O) groups excluding carboxylic acids is 1. The first-order valence-electron chi connectivity index (χ1n) is 9.84. The standard InChI is InChI=1S/C22H28BrN3O2Si/c1-16(17-8-7-9-18(23)14-17)22(27)24-21-19-10-5-6-11-20(19)26(25-21)15-28-12-13-29(2,3)4/h5-11,14,16H,12-13,15H2,1-4H3,(H,24,25,27). The summed E-state index contributed by atoms with van der Waals surface area (Å²) >= 11 is 3.47. The van der Waals surface area contributed by atoms with Crippen molar-refractivity contribution in [1.82, 2.24) is 9.78 Å². The number of anilines is 1. The van der Waals surface area contributed by atoms with Gasteiger partial charge in [0.15, 0.2) is 5.82 Å². The second-order valence-electron chi connectivity index (χ2n) is 8.48. The van der Waals surface area contributed by atoms with Gasteiger partial charge in [-0.2, -0.15) is 5.10 Å². The summed E-state index contributed by atoms with van der Waals surface area (Å²) in [6.45, 7) is 10.0. The van der Waals surface area contributed by atoms with Crippen molar-refractivity contribution in [3.63, 3.8) is 0 Å². The fraction of sp³-hybridized carbons (Fsp3) is 0.364. The molecule has 5 nitrogen and oxygen atoms in total. The number of nitrogens with one attached hydrogen (secondary N) is 1. The Hall–Kier alpha value is -1.96. The molecule has 3 aromatic rings. The summed E-state index contributed by atoms with van der Waals surface area (Å²) in [5.74, 6) is 0.198. The number of para-hydroxylation sites is 1. The molecule has 0 fully saturated rings. The minimum absolute atomic E-state index is 0.0850. The lowest BCUT2D eigenvalue weighted by molar-refractivity contribution is -0.117. The van der Waals surface area contributed by atoms with Gasteiger partial charge in [0.2, 0.25) is 5.91 Å². The number of rotatable bonds is 8. The normalized spacial score (nSPS) is 12.9. The van der Waals surface area contributed by atoms with E-state index in [1.807, 2.05) is 60.1 Å². The van der Waals surface area contributed by atoms with Crippen LogP contribution in [0.3, 0.4) is 0 Å².